The van der Waals surface area contributed by atoms with E-state index in [1.807, 2.05) is 0 Å². The molecule has 0 saturated carbocycles. The Bertz CT molecular complexity index is 1310. The summed E-state index contributed by atoms with van der Waals surface area (Å²) in [5, 5.41) is 2.35. The number of benzene rings is 3. The molecule has 0 saturated heterocycles. The van der Waals surface area contributed by atoms with Gasteiger partial charge in [-0.15, -0.1) is 0 Å². The molecule has 0 spiro atoms. The first-order valence-corrected chi connectivity index (χ1v) is 13.3. The number of hydrogen-bond acceptors (Lipinski definition) is 3. The van der Waals surface area contributed by atoms with Crippen LogP contribution in [0.5, 0.6) is 0 Å². The molecule has 0 N–H and O–H groups in total. The Morgan fingerprint density at radius 3 is 1.83 bits per heavy atom. The molecular weight excluding hydrogens is 442 g/mol. The van der Waals surface area contributed by atoms with E-state index >= 15 is 0 Å². The predicted molar refractivity (Wildman–Crippen MR) is 158 cm³/mol. The largest absolute Gasteiger partial charge is 0.456 e. The van der Waals surface area contributed by atoms with E-state index in [0.717, 1.165) is 61.6 Å². The van der Waals surface area contributed by atoms with Gasteiger partial charge in [0.15, 0.2) is 0 Å². The van der Waals surface area contributed by atoms with Gasteiger partial charge in [-0.3, -0.25) is 0 Å². The predicted octanol–water partition coefficient (Wildman–Crippen LogP) is 7.35. The van der Waals surface area contributed by atoms with Crippen molar-refractivity contribution in [1.29, 1.82) is 0 Å². The highest BCUT2D eigenvalue weighted by Gasteiger charge is 2.19. The Kier molecular flexibility index (Phi) is 9.19. The molecule has 0 fully saturated rings. The molecule has 192 valence electrons. The molecule has 4 heteroatoms. The standard InChI is InChI=1S/C31H40N3O.CH4/c1-7-32(8-2)24-15-13-23(14-16-24)31-27-19-17-25(33(9-3)10-4)21-29(27)35-30-22-26(18-20-28(30)31)34(11-5)12-6;/h13-22H,7-12H2,1-6H3;1H4/q+1;. The van der Waals surface area contributed by atoms with E-state index in [4.69, 9.17) is 4.42 Å². The molecule has 2 aromatic carbocycles. The summed E-state index contributed by atoms with van der Waals surface area (Å²) in [6, 6.07) is 22.4. The van der Waals surface area contributed by atoms with Crippen LogP contribution < -0.4 is 19.7 Å². The minimum atomic E-state index is 0. The summed E-state index contributed by atoms with van der Waals surface area (Å²) in [6.07, 6.45) is 0. The second-order valence-electron chi connectivity index (χ2n) is 8.90. The lowest BCUT2D eigenvalue weighted by Gasteiger charge is -2.23. The number of hydrogen-bond donors (Lipinski definition) is 0. The van der Waals surface area contributed by atoms with Crippen LogP contribution in [0, 0.1) is 0 Å². The SMILES string of the molecule is C.CCN(CC)c1ccc(-c2c3ccc(=[N+](CC)CC)cc-3oc3cc(N(CC)CC)ccc23)cc1. The maximum atomic E-state index is 6.60. The molecule has 1 heterocycles. The number of anilines is 2. The van der Waals surface area contributed by atoms with E-state index in [1.165, 1.54) is 27.9 Å². The van der Waals surface area contributed by atoms with E-state index in [9.17, 15) is 0 Å². The van der Waals surface area contributed by atoms with Crippen molar-refractivity contribution in [3.63, 3.8) is 0 Å². The molecule has 0 unspecified atom stereocenters. The van der Waals surface area contributed by atoms with Gasteiger partial charge in [0.25, 0.3) is 0 Å². The minimum Gasteiger partial charge on any atom is -0.456 e. The quantitative estimate of drug-likeness (QED) is 0.182. The van der Waals surface area contributed by atoms with Crippen molar-refractivity contribution in [2.45, 2.75) is 49.0 Å². The molecule has 0 aromatic heterocycles. The first-order valence-electron chi connectivity index (χ1n) is 13.3. The summed E-state index contributed by atoms with van der Waals surface area (Å²) in [5.74, 6) is 0.932. The second kappa shape index (κ2) is 12.1. The van der Waals surface area contributed by atoms with Crippen molar-refractivity contribution in [2.75, 3.05) is 49.1 Å². The lowest BCUT2D eigenvalue weighted by Crippen LogP contribution is -2.29. The summed E-state index contributed by atoms with van der Waals surface area (Å²) < 4.78 is 8.97. The van der Waals surface area contributed by atoms with Crippen molar-refractivity contribution < 1.29 is 4.42 Å². The van der Waals surface area contributed by atoms with Gasteiger partial charge in [-0.05, 0) is 77.4 Å². The lowest BCUT2D eigenvalue weighted by atomic mass is 9.93. The van der Waals surface area contributed by atoms with Gasteiger partial charge in [0.2, 0.25) is 5.36 Å². The zero-order valence-corrected chi connectivity index (χ0v) is 22.3. The molecule has 36 heavy (non-hydrogen) atoms. The lowest BCUT2D eigenvalue weighted by molar-refractivity contribution is 0.604. The molecular formula is C32H44N3O+. The van der Waals surface area contributed by atoms with Crippen molar-refractivity contribution in [3.8, 4) is 22.5 Å². The number of nitrogens with zero attached hydrogens (tertiary/aromatic N) is 3. The Morgan fingerprint density at radius 1 is 0.667 bits per heavy atom. The van der Waals surface area contributed by atoms with Crippen molar-refractivity contribution in [2.24, 2.45) is 0 Å². The highest BCUT2D eigenvalue weighted by molar-refractivity contribution is 6.02. The van der Waals surface area contributed by atoms with Crippen molar-refractivity contribution in [1.82, 2.24) is 4.58 Å². The molecule has 4 rings (SSSR count). The maximum Gasteiger partial charge on any atom is 0.203 e. The third-order valence-electron chi connectivity index (χ3n) is 7.23. The molecule has 4 nitrogen and oxygen atoms in total. The van der Waals surface area contributed by atoms with E-state index in [2.05, 4.69) is 117 Å². The Balaban J connectivity index is 0.00000361. The first-order chi connectivity index (χ1) is 17.1. The third kappa shape index (κ3) is 5.13. The Morgan fingerprint density at radius 2 is 1.25 bits per heavy atom. The molecule has 0 bridgehead atoms. The van der Waals surface area contributed by atoms with Gasteiger partial charge < -0.3 is 14.2 Å². The molecule has 2 aromatic rings. The molecule has 2 aliphatic rings. The fraction of sp³-hybridized carbons (Fsp3) is 0.406. The highest BCUT2D eigenvalue weighted by Crippen LogP contribution is 2.41. The topological polar surface area (TPSA) is 22.6 Å². The van der Waals surface area contributed by atoms with Gasteiger partial charge in [-0.2, -0.15) is 0 Å². The summed E-state index contributed by atoms with van der Waals surface area (Å²) in [6.45, 7) is 19.1. The monoisotopic (exact) mass is 486 g/mol. The first kappa shape index (κ1) is 27.3. The average molecular weight is 487 g/mol. The van der Waals surface area contributed by atoms with Crippen LogP contribution in [0.15, 0.2) is 65.1 Å². The van der Waals surface area contributed by atoms with Crippen LogP contribution in [-0.4, -0.2) is 39.3 Å². The van der Waals surface area contributed by atoms with Gasteiger partial charge in [0.1, 0.15) is 24.4 Å². The van der Waals surface area contributed by atoms with Crippen LogP contribution in [0.3, 0.4) is 0 Å². The molecule has 0 atom stereocenters. The third-order valence-corrected chi connectivity index (χ3v) is 7.23. The normalized spacial score (nSPS) is 10.9. The summed E-state index contributed by atoms with van der Waals surface area (Å²) in [5.41, 5.74) is 7.01. The van der Waals surface area contributed by atoms with Crippen molar-refractivity contribution >= 4 is 22.3 Å². The van der Waals surface area contributed by atoms with E-state index in [1.54, 1.807) is 0 Å². The summed E-state index contributed by atoms with van der Waals surface area (Å²) >= 11 is 0. The fourth-order valence-corrected chi connectivity index (χ4v) is 5.18. The molecule has 0 amide bonds. The smallest absolute Gasteiger partial charge is 0.203 e. The number of fused-ring (bicyclic) bond motifs is 2. The Hall–Kier alpha value is -3.27. The van der Waals surface area contributed by atoms with E-state index < -0.39 is 0 Å². The number of rotatable bonds is 9. The molecule has 0 radical (unpaired) electrons. The Labute approximate surface area is 217 Å². The van der Waals surface area contributed by atoms with E-state index in [0.29, 0.717) is 0 Å². The van der Waals surface area contributed by atoms with Gasteiger partial charge in [-0.1, -0.05) is 19.6 Å². The van der Waals surface area contributed by atoms with E-state index in [-0.39, 0.29) is 7.43 Å². The highest BCUT2D eigenvalue weighted by atomic mass is 16.3. The zero-order valence-electron chi connectivity index (χ0n) is 22.3. The van der Waals surface area contributed by atoms with Gasteiger partial charge in [0.05, 0.1) is 6.07 Å². The summed E-state index contributed by atoms with van der Waals surface area (Å²) in [4.78, 5) is 4.75. The van der Waals surface area contributed by atoms with Gasteiger partial charge in [-0.25, -0.2) is 4.58 Å². The van der Waals surface area contributed by atoms with Crippen LogP contribution in [0.2, 0.25) is 0 Å². The molecule has 1 aliphatic heterocycles. The van der Waals surface area contributed by atoms with Crippen molar-refractivity contribution in [3.05, 3.63) is 66.0 Å². The van der Waals surface area contributed by atoms with Crippen LogP contribution >= 0.6 is 0 Å². The van der Waals surface area contributed by atoms with Gasteiger partial charge in [0, 0.05) is 66.2 Å². The fourth-order valence-electron chi connectivity index (χ4n) is 5.18. The average Bonchev–Trinajstić information content (AvgIpc) is 2.90. The van der Waals surface area contributed by atoms with Crippen LogP contribution in [0.4, 0.5) is 11.4 Å². The second-order valence-corrected chi connectivity index (χ2v) is 8.90. The maximum absolute atomic E-state index is 6.60. The van der Waals surface area contributed by atoms with Gasteiger partial charge >= 0.3 is 0 Å². The zero-order chi connectivity index (χ0) is 24.9. The van der Waals surface area contributed by atoms with Crippen LogP contribution in [0.25, 0.3) is 33.4 Å². The van der Waals surface area contributed by atoms with Crippen LogP contribution in [-0.2, 0) is 0 Å². The molecule has 1 aliphatic carbocycles. The summed E-state index contributed by atoms with van der Waals surface area (Å²) in [7, 11) is 0. The van der Waals surface area contributed by atoms with Crippen LogP contribution in [0.1, 0.15) is 49.0 Å². The minimum absolute atomic E-state index is 0.